The van der Waals surface area contributed by atoms with Crippen molar-refractivity contribution in [3.05, 3.63) is 24.0 Å². The zero-order valence-corrected chi connectivity index (χ0v) is 10.8. The van der Waals surface area contributed by atoms with E-state index in [0.29, 0.717) is 18.9 Å². The summed E-state index contributed by atoms with van der Waals surface area (Å²) in [6.45, 7) is 3.43. The minimum Gasteiger partial charge on any atom is -0.365 e. The van der Waals surface area contributed by atoms with Crippen molar-refractivity contribution in [1.82, 2.24) is 9.88 Å². The van der Waals surface area contributed by atoms with Crippen molar-refractivity contribution in [2.75, 3.05) is 20.1 Å². The largest absolute Gasteiger partial charge is 0.365 e. The van der Waals surface area contributed by atoms with Gasteiger partial charge in [-0.2, -0.15) is 0 Å². The first kappa shape index (κ1) is 13.8. The predicted molar refractivity (Wildman–Crippen MR) is 69.6 cm³/mol. The first-order chi connectivity index (χ1) is 8.13. The lowest BCUT2D eigenvalue weighted by Crippen LogP contribution is -2.33. The average Bonchev–Trinajstić information content (AvgIpc) is 2.81. The second kappa shape index (κ2) is 7.12. The Morgan fingerprint density at radius 3 is 2.94 bits per heavy atom. The van der Waals surface area contributed by atoms with Crippen LogP contribution < -0.4 is 5.73 Å². The number of nitrogens with zero attached hydrogens (tertiary/aromatic N) is 1. The molecule has 4 nitrogen and oxygen atoms in total. The van der Waals surface area contributed by atoms with Crippen LogP contribution in [0.5, 0.6) is 0 Å². The lowest BCUT2D eigenvalue weighted by Gasteiger charge is -2.20. The van der Waals surface area contributed by atoms with E-state index in [1.54, 1.807) is 4.90 Å². The van der Waals surface area contributed by atoms with Gasteiger partial charge < -0.3 is 15.6 Å². The minimum absolute atomic E-state index is 0.205. The normalized spacial score (nSPS) is 12.4. The SMILES string of the molecule is CC(CN)CN(C)C(=O)CCCc1ccc[nH]1. The molecular weight excluding hydrogens is 214 g/mol. The molecule has 0 radical (unpaired) electrons. The number of aryl methyl sites for hydroxylation is 1. The molecule has 0 bridgehead atoms. The molecule has 1 amide bonds. The Hall–Kier alpha value is -1.29. The number of carbonyl (C=O) groups excluding carboxylic acids is 1. The van der Waals surface area contributed by atoms with Gasteiger partial charge in [0.05, 0.1) is 0 Å². The van der Waals surface area contributed by atoms with Crippen LogP contribution in [0.25, 0.3) is 0 Å². The van der Waals surface area contributed by atoms with Gasteiger partial charge in [-0.15, -0.1) is 0 Å². The summed E-state index contributed by atoms with van der Waals surface area (Å²) < 4.78 is 0. The lowest BCUT2D eigenvalue weighted by atomic mass is 10.1. The first-order valence-electron chi connectivity index (χ1n) is 6.19. The quantitative estimate of drug-likeness (QED) is 0.753. The zero-order valence-electron chi connectivity index (χ0n) is 10.8. The fourth-order valence-electron chi connectivity index (χ4n) is 1.79. The molecule has 4 heteroatoms. The Labute approximate surface area is 103 Å². The van der Waals surface area contributed by atoms with Crippen LogP contribution in [0.3, 0.4) is 0 Å². The molecule has 0 aliphatic heterocycles. The Balaban J connectivity index is 2.20. The Morgan fingerprint density at radius 1 is 1.59 bits per heavy atom. The van der Waals surface area contributed by atoms with Crippen molar-refractivity contribution in [2.24, 2.45) is 11.7 Å². The lowest BCUT2D eigenvalue weighted by molar-refractivity contribution is -0.130. The molecule has 1 aromatic rings. The molecule has 3 N–H and O–H groups in total. The number of rotatable bonds is 7. The van der Waals surface area contributed by atoms with Crippen molar-refractivity contribution in [1.29, 1.82) is 0 Å². The standard InChI is InChI=1S/C13H23N3O/c1-11(9-14)10-16(2)13(17)7-3-5-12-6-4-8-15-12/h4,6,8,11,15H,3,5,7,9-10,14H2,1-2H3. The summed E-state index contributed by atoms with van der Waals surface area (Å²) in [4.78, 5) is 16.7. The van der Waals surface area contributed by atoms with Crippen molar-refractivity contribution >= 4 is 5.91 Å². The van der Waals surface area contributed by atoms with Gasteiger partial charge in [-0.1, -0.05) is 6.92 Å². The maximum absolute atomic E-state index is 11.8. The summed E-state index contributed by atoms with van der Waals surface area (Å²) >= 11 is 0. The van der Waals surface area contributed by atoms with Gasteiger partial charge in [-0.25, -0.2) is 0 Å². The fourth-order valence-corrected chi connectivity index (χ4v) is 1.79. The number of hydrogen-bond acceptors (Lipinski definition) is 2. The molecule has 17 heavy (non-hydrogen) atoms. The summed E-state index contributed by atoms with van der Waals surface area (Å²) in [5.74, 6) is 0.573. The van der Waals surface area contributed by atoms with Gasteiger partial charge in [0.1, 0.15) is 0 Å². The maximum Gasteiger partial charge on any atom is 0.222 e. The van der Waals surface area contributed by atoms with Gasteiger partial charge in [0.2, 0.25) is 5.91 Å². The highest BCUT2D eigenvalue weighted by atomic mass is 16.2. The minimum atomic E-state index is 0.205. The summed E-state index contributed by atoms with van der Waals surface area (Å²) in [6.07, 6.45) is 4.33. The molecule has 0 spiro atoms. The monoisotopic (exact) mass is 237 g/mol. The van der Waals surface area contributed by atoms with Crippen molar-refractivity contribution in [3.63, 3.8) is 0 Å². The second-order valence-corrected chi connectivity index (χ2v) is 4.66. The highest BCUT2D eigenvalue weighted by Gasteiger charge is 2.11. The molecule has 1 heterocycles. The van der Waals surface area contributed by atoms with Crippen molar-refractivity contribution < 1.29 is 4.79 Å². The summed E-state index contributed by atoms with van der Waals surface area (Å²) in [6, 6.07) is 4.02. The number of aromatic nitrogens is 1. The number of nitrogens with two attached hydrogens (primary N) is 1. The Kier molecular flexibility index (Phi) is 5.77. The molecule has 0 fully saturated rings. The van der Waals surface area contributed by atoms with E-state index in [9.17, 15) is 4.79 Å². The molecule has 96 valence electrons. The highest BCUT2D eigenvalue weighted by molar-refractivity contribution is 5.75. The van der Waals surface area contributed by atoms with E-state index in [2.05, 4.69) is 11.9 Å². The first-order valence-corrected chi connectivity index (χ1v) is 6.19. The summed E-state index contributed by atoms with van der Waals surface area (Å²) in [7, 11) is 1.85. The van der Waals surface area contributed by atoms with Crippen LogP contribution in [-0.2, 0) is 11.2 Å². The van der Waals surface area contributed by atoms with E-state index in [-0.39, 0.29) is 5.91 Å². The number of nitrogens with one attached hydrogen (secondary N) is 1. The molecule has 1 aromatic heterocycles. The van der Waals surface area contributed by atoms with Gasteiger partial charge >= 0.3 is 0 Å². The van der Waals surface area contributed by atoms with Crippen LogP contribution in [0.15, 0.2) is 18.3 Å². The zero-order chi connectivity index (χ0) is 12.7. The third-order valence-electron chi connectivity index (χ3n) is 2.91. The fraction of sp³-hybridized carbons (Fsp3) is 0.615. The van der Waals surface area contributed by atoms with Crippen LogP contribution >= 0.6 is 0 Å². The predicted octanol–water partition coefficient (Wildman–Crippen LogP) is 1.39. The van der Waals surface area contributed by atoms with E-state index in [0.717, 1.165) is 19.4 Å². The van der Waals surface area contributed by atoms with E-state index in [1.807, 2.05) is 25.4 Å². The van der Waals surface area contributed by atoms with E-state index in [1.165, 1.54) is 5.69 Å². The summed E-state index contributed by atoms with van der Waals surface area (Å²) in [5.41, 5.74) is 6.73. The highest BCUT2D eigenvalue weighted by Crippen LogP contribution is 2.05. The Bertz CT molecular complexity index is 321. The van der Waals surface area contributed by atoms with Gasteiger partial charge in [-0.3, -0.25) is 4.79 Å². The molecule has 1 unspecified atom stereocenters. The second-order valence-electron chi connectivity index (χ2n) is 4.66. The average molecular weight is 237 g/mol. The number of aromatic amines is 1. The van der Waals surface area contributed by atoms with E-state index >= 15 is 0 Å². The molecule has 0 saturated carbocycles. The summed E-state index contributed by atoms with van der Waals surface area (Å²) in [5, 5.41) is 0. The molecule has 0 saturated heterocycles. The Morgan fingerprint density at radius 2 is 2.35 bits per heavy atom. The number of hydrogen-bond donors (Lipinski definition) is 2. The van der Waals surface area contributed by atoms with Gasteiger partial charge in [0.25, 0.3) is 0 Å². The van der Waals surface area contributed by atoms with Gasteiger partial charge in [0, 0.05) is 31.9 Å². The van der Waals surface area contributed by atoms with Crippen molar-refractivity contribution in [3.8, 4) is 0 Å². The van der Waals surface area contributed by atoms with Crippen LogP contribution in [-0.4, -0.2) is 35.9 Å². The van der Waals surface area contributed by atoms with E-state index in [4.69, 9.17) is 5.73 Å². The molecular formula is C13H23N3O. The van der Waals surface area contributed by atoms with Gasteiger partial charge in [0.15, 0.2) is 0 Å². The van der Waals surface area contributed by atoms with Crippen LogP contribution in [0.2, 0.25) is 0 Å². The molecule has 0 aromatic carbocycles. The maximum atomic E-state index is 11.8. The molecule has 0 aliphatic carbocycles. The van der Waals surface area contributed by atoms with Crippen LogP contribution in [0.4, 0.5) is 0 Å². The topological polar surface area (TPSA) is 62.1 Å². The molecule has 0 aliphatic rings. The van der Waals surface area contributed by atoms with Gasteiger partial charge in [-0.05, 0) is 37.4 Å². The van der Waals surface area contributed by atoms with E-state index < -0.39 is 0 Å². The van der Waals surface area contributed by atoms with Crippen LogP contribution in [0.1, 0.15) is 25.5 Å². The third-order valence-corrected chi connectivity index (χ3v) is 2.91. The number of carbonyl (C=O) groups is 1. The van der Waals surface area contributed by atoms with Crippen molar-refractivity contribution in [2.45, 2.75) is 26.2 Å². The molecule has 1 atom stereocenters. The number of H-pyrrole nitrogens is 1. The number of amides is 1. The van der Waals surface area contributed by atoms with Crippen LogP contribution in [0, 0.1) is 5.92 Å². The smallest absolute Gasteiger partial charge is 0.222 e. The molecule has 1 rings (SSSR count). The third kappa shape index (κ3) is 5.04.